The van der Waals surface area contributed by atoms with Crippen molar-refractivity contribution in [3.05, 3.63) is 72.9 Å². The van der Waals surface area contributed by atoms with Gasteiger partial charge in [-0.3, -0.25) is 14.2 Å². The highest BCUT2D eigenvalue weighted by atomic mass is 31.2. The van der Waals surface area contributed by atoms with Crippen LogP contribution in [0.3, 0.4) is 0 Å². The molecular weight excluding hydrogens is 798 g/mol. The minimum atomic E-state index is -4.62. The fraction of sp³-hybridized carbons (Fsp3) is 0.731. The van der Waals surface area contributed by atoms with Crippen LogP contribution in [0.15, 0.2) is 72.9 Å². The summed E-state index contributed by atoms with van der Waals surface area (Å²) in [5, 5.41) is 0. The number of carbonyl (C=O) groups excluding carboxylic acids is 2. The van der Waals surface area contributed by atoms with E-state index < -0.39 is 32.5 Å². The largest absolute Gasteiger partial charge is 0.756 e. The van der Waals surface area contributed by atoms with Crippen LogP contribution in [0.2, 0.25) is 0 Å². The van der Waals surface area contributed by atoms with Crippen molar-refractivity contribution in [2.45, 2.75) is 200 Å². The number of hydrogen-bond donors (Lipinski definition) is 0. The number of allylic oxidation sites excluding steroid dienone is 12. The van der Waals surface area contributed by atoms with Gasteiger partial charge in [0.2, 0.25) is 0 Å². The molecule has 0 heterocycles. The summed E-state index contributed by atoms with van der Waals surface area (Å²) in [6.07, 6.45) is 55.7. The Hall–Kier alpha value is -2.55. The lowest BCUT2D eigenvalue weighted by Crippen LogP contribution is -2.37. The Labute approximate surface area is 380 Å². The second-order valence-corrected chi connectivity index (χ2v) is 18.9. The summed E-state index contributed by atoms with van der Waals surface area (Å²) in [4.78, 5) is 37.2. The van der Waals surface area contributed by atoms with Crippen molar-refractivity contribution in [1.82, 2.24) is 0 Å². The molecule has 0 aliphatic heterocycles. The van der Waals surface area contributed by atoms with Crippen LogP contribution < -0.4 is 4.89 Å². The Balaban J connectivity index is 3.94. The van der Waals surface area contributed by atoms with E-state index in [-0.39, 0.29) is 26.1 Å². The zero-order valence-electron chi connectivity index (χ0n) is 40.3. The van der Waals surface area contributed by atoms with Gasteiger partial charge in [-0.25, -0.2) is 0 Å². The molecule has 0 aromatic rings. The monoisotopic (exact) mass is 890 g/mol. The van der Waals surface area contributed by atoms with Gasteiger partial charge >= 0.3 is 11.9 Å². The third-order valence-electron chi connectivity index (χ3n) is 10.2. The Morgan fingerprint density at radius 2 is 0.919 bits per heavy atom. The first-order chi connectivity index (χ1) is 30.0. The predicted molar refractivity (Wildman–Crippen MR) is 259 cm³/mol. The fourth-order valence-electron chi connectivity index (χ4n) is 6.42. The quantitative estimate of drug-likeness (QED) is 0.0195. The molecule has 0 fully saturated rings. The van der Waals surface area contributed by atoms with Gasteiger partial charge in [-0.1, -0.05) is 189 Å². The van der Waals surface area contributed by atoms with Crippen LogP contribution in [0.4, 0.5) is 0 Å². The van der Waals surface area contributed by atoms with E-state index in [9.17, 15) is 19.0 Å². The third kappa shape index (κ3) is 46.9. The van der Waals surface area contributed by atoms with Gasteiger partial charge in [0.1, 0.15) is 19.8 Å². The molecule has 0 spiro atoms. The second kappa shape index (κ2) is 43.7. The average molecular weight is 890 g/mol. The van der Waals surface area contributed by atoms with Crippen LogP contribution in [0.5, 0.6) is 0 Å². The summed E-state index contributed by atoms with van der Waals surface area (Å²) in [6, 6.07) is 0. The standard InChI is InChI=1S/C52H92NO8P/c1-6-8-10-12-13-14-15-16-17-18-19-20-21-22-23-24-25-26-27-28-29-30-31-32-33-34-35-36-37-38-39-41-43-45-52(55)61-50(48-58-51(54)44-42-40-11-9-7-2)49-60-62(56,57)59-47-46-53(3,4)5/h8,10,13-14,16-17,19-20,22-23,25-26,50H,6-7,9,11-12,15,18,21,24,27-49H2,1-5H3/b10-8-,14-13-,17-16-,20-19-,23-22-,26-25-. The Morgan fingerprint density at radius 3 is 1.37 bits per heavy atom. The number of nitrogens with zero attached hydrogens (tertiary/aromatic N) is 1. The molecule has 0 saturated carbocycles. The van der Waals surface area contributed by atoms with E-state index >= 15 is 0 Å². The molecule has 0 radical (unpaired) electrons. The summed E-state index contributed by atoms with van der Waals surface area (Å²) >= 11 is 0. The highest BCUT2D eigenvalue weighted by molar-refractivity contribution is 7.45. The number of carbonyl (C=O) groups is 2. The molecule has 0 rings (SSSR count). The molecule has 0 amide bonds. The number of phosphoric acid groups is 1. The minimum Gasteiger partial charge on any atom is -0.756 e. The fourth-order valence-corrected chi connectivity index (χ4v) is 7.15. The lowest BCUT2D eigenvalue weighted by molar-refractivity contribution is -0.870. The number of quaternary nitrogens is 1. The first kappa shape index (κ1) is 59.5. The molecule has 2 atom stereocenters. The van der Waals surface area contributed by atoms with Gasteiger partial charge in [0.05, 0.1) is 27.7 Å². The Kier molecular flexibility index (Phi) is 41.9. The van der Waals surface area contributed by atoms with E-state index in [1.54, 1.807) is 0 Å². The molecule has 0 aliphatic carbocycles. The van der Waals surface area contributed by atoms with E-state index in [1.165, 1.54) is 70.6 Å². The van der Waals surface area contributed by atoms with Crippen LogP contribution in [0, 0.1) is 0 Å². The molecule has 0 aromatic carbocycles. The van der Waals surface area contributed by atoms with Gasteiger partial charge < -0.3 is 27.9 Å². The molecule has 0 aromatic heterocycles. The van der Waals surface area contributed by atoms with Crippen molar-refractivity contribution in [3.63, 3.8) is 0 Å². The summed E-state index contributed by atoms with van der Waals surface area (Å²) in [7, 11) is 1.16. The zero-order valence-corrected chi connectivity index (χ0v) is 41.2. The molecule has 0 saturated heterocycles. The molecule has 2 unspecified atom stereocenters. The maximum atomic E-state index is 12.6. The molecule has 9 nitrogen and oxygen atoms in total. The van der Waals surface area contributed by atoms with Gasteiger partial charge in [0.25, 0.3) is 7.82 Å². The number of hydrogen-bond acceptors (Lipinski definition) is 8. The Bertz CT molecular complexity index is 1280. The van der Waals surface area contributed by atoms with Crippen molar-refractivity contribution in [2.24, 2.45) is 0 Å². The normalized spacial score (nSPS) is 14.1. The third-order valence-corrected chi connectivity index (χ3v) is 11.2. The van der Waals surface area contributed by atoms with E-state index in [2.05, 4.69) is 86.8 Å². The maximum absolute atomic E-state index is 12.6. The maximum Gasteiger partial charge on any atom is 0.306 e. The van der Waals surface area contributed by atoms with Gasteiger partial charge in [0.15, 0.2) is 6.10 Å². The number of likely N-dealkylation sites (N-methyl/N-ethyl adjacent to an activating group) is 1. The highest BCUT2D eigenvalue weighted by Crippen LogP contribution is 2.38. The van der Waals surface area contributed by atoms with Crippen molar-refractivity contribution < 1.29 is 42.1 Å². The number of rotatable bonds is 44. The highest BCUT2D eigenvalue weighted by Gasteiger charge is 2.21. The van der Waals surface area contributed by atoms with E-state index in [4.69, 9.17) is 18.5 Å². The predicted octanol–water partition coefficient (Wildman–Crippen LogP) is 13.9. The van der Waals surface area contributed by atoms with Crippen molar-refractivity contribution >= 4 is 19.8 Å². The van der Waals surface area contributed by atoms with Crippen LogP contribution in [-0.2, 0) is 32.7 Å². The first-order valence-corrected chi connectivity index (χ1v) is 26.1. The smallest absolute Gasteiger partial charge is 0.306 e. The second-order valence-electron chi connectivity index (χ2n) is 17.5. The SMILES string of the molecule is CC/C=C\C/C=C\C/C=C\C/C=C\C/C=C\C/C=C\CCCCCCCCCCCCCCCCC(=O)OC(COC(=O)CCCCCCC)COP(=O)([O-])OCC[N+](C)(C)C. The first-order valence-electron chi connectivity index (χ1n) is 24.6. The topological polar surface area (TPSA) is 111 Å². The molecule has 358 valence electrons. The van der Waals surface area contributed by atoms with Gasteiger partial charge in [-0.15, -0.1) is 0 Å². The molecule has 0 N–H and O–H groups in total. The van der Waals surface area contributed by atoms with Gasteiger partial charge in [-0.05, 0) is 64.2 Å². The van der Waals surface area contributed by atoms with Crippen molar-refractivity contribution in [2.75, 3.05) is 47.5 Å². The molecule has 10 heteroatoms. The number of unbranched alkanes of at least 4 members (excludes halogenated alkanes) is 18. The van der Waals surface area contributed by atoms with Gasteiger partial charge in [-0.2, -0.15) is 0 Å². The average Bonchev–Trinajstić information content (AvgIpc) is 3.22. The number of ether oxygens (including phenoxy) is 2. The van der Waals surface area contributed by atoms with Crippen LogP contribution in [-0.4, -0.2) is 70.0 Å². The lowest BCUT2D eigenvalue weighted by Gasteiger charge is -2.28. The summed E-state index contributed by atoms with van der Waals surface area (Å²) in [6.45, 7) is 4.01. The Morgan fingerprint density at radius 1 is 0.516 bits per heavy atom. The molecule has 62 heavy (non-hydrogen) atoms. The van der Waals surface area contributed by atoms with Gasteiger partial charge in [0, 0.05) is 12.8 Å². The molecular formula is C52H92NO8P. The van der Waals surface area contributed by atoms with Crippen molar-refractivity contribution in [3.8, 4) is 0 Å². The minimum absolute atomic E-state index is 0.0323. The van der Waals surface area contributed by atoms with E-state index in [0.29, 0.717) is 17.4 Å². The van der Waals surface area contributed by atoms with Crippen molar-refractivity contribution in [1.29, 1.82) is 0 Å². The molecule has 0 aliphatic rings. The number of phosphoric ester groups is 1. The van der Waals surface area contributed by atoms with Crippen LogP contribution in [0.1, 0.15) is 194 Å². The number of esters is 2. The summed E-state index contributed by atoms with van der Waals surface area (Å²) in [5.74, 6) is -0.850. The summed E-state index contributed by atoms with van der Waals surface area (Å²) < 4.78 is 33.7. The van der Waals surface area contributed by atoms with E-state index in [0.717, 1.165) is 89.9 Å². The zero-order chi connectivity index (χ0) is 45.7. The van der Waals surface area contributed by atoms with Crippen LogP contribution >= 0.6 is 7.82 Å². The lowest BCUT2D eigenvalue weighted by atomic mass is 10.0. The molecule has 0 bridgehead atoms. The van der Waals surface area contributed by atoms with E-state index in [1.807, 2.05) is 21.1 Å². The summed E-state index contributed by atoms with van der Waals surface area (Å²) in [5.41, 5.74) is 0. The van der Waals surface area contributed by atoms with Crippen LogP contribution in [0.25, 0.3) is 0 Å².